The Morgan fingerprint density at radius 3 is 2.86 bits per heavy atom. The Hall–Kier alpha value is -2.30. The van der Waals surface area contributed by atoms with Crippen molar-refractivity contribution in [2.75, 3.05) is 32.1 Å². The zero-order chi connectivity index (χ0) is 15.7. The molecule has 3 rings (SSSR count). The van der Waals surface area contributed by atoms with Crippen molar-refractivity contribution in [3.05, 3.63) is 40.7 Å². The summed E-state index contributed by atoms with van der Waals surface area (Å²) in [4.78, 5) is 31.1. The van der Waals surface area contributed by atoms with Gasteiger partial charge in [-0.1, -0.05) is 18.2 Å². The molecule has 2 heterocycles. The van der Waals surface area contributed by atoms with E-state index < -0.39 is 0 Å². The number of carbonyl (C=O) groups is 1. The molecule has 1 saturated heterocycles. The number of hydrogen-bond acceptors (Lipinski definition) is 3. The number of amides is 1. The van der Waals surface area contributed by atoms with Crippen molar-refractivity contribution in [3.63, 3.8) is 0 Å². The molecule has 0 spiro atoms. The zero-order valence-electron chi connectivity index (χ0n) is 13.0. The van der Waals surface area contributed by atoms with Crippen LogP contribution in [0.25, 0.3) is 10.8 Å². The predicted octanol–water partition coefficient (Wildman–Crippen LogP) is 1.83. The highest BCUT2D eigenvalue weighted by atomic mass is 16.2. The smallest absolute Gasteiger partial charge is 0.257 e. The molecule has 1 aromatic heterocycles. The van der Waals surface area contributed by atoms with Gasteiger partial charge in [0, 0.05) is 32.6 Å². The molecule has 1 fully saturated rings. The molecule has 0 radical (unpaired) electrons. The van der Waals surface area contributed by atoms with Crippen LogP contribution in [-0.2, 0) is 4.79 Å². The normalized spacial score (nSPS) is 18.5. The fraction of sp³-hybridized carbons (Fsp3) is 0.412. The van der Waals surface area contributed by atoms with Gasteiger partial charge in [-0.25, -0.2) is 0 Å². The van der Waals surface area contributed by atoms with E-state index in [4.69, 9.17) is 0 Å². The van der Waals surface area contributed by atoms with Crippen LogP contribution in [0.2, 0.25) is 0 Å². The van der Waals surface area contributed by atoms with E-state index in [2.05, 4.69) is 9.88 Å². The molecule has 1 N–H and O–H groups in total. The molecular formula is C17H21N3O2. The summed E-state index contributed by atoms with van der Waals surface area (Å²) in [6, 6.07) is 9.57. The van der Waals surface area contributed by atoms with Crippen LogP contribution in [0.3, 0.4) is 0 Å². The molecule has 0 saturated carbocycles. The largest absolute Gasteiger partial charge is 0.357 e. The lowest BCUT2D eigenvalue weighted by atomic mass is 9.96. The zero-order valence-corrected chi connectivity index (χ0v) is 13.0. The number of rotatable bonds is 2. The molecule has 1 aliphatic heterocycles. The van der Waals surface area contributed by atoms with E-state index in [1.165, 1.54) is 0 Å². The molecule has 0 aliphatic carbocycles. The first-order valence-electron chi connectivity index (χ1n) is 7.64. The highest BCUT2D eigenvalue weighted by Crippen LogP contribution is 2.24. The van der Waals surface area contributed by atoms with Gasteiger partial charge in [0.15, 0.2) is 0 Å². The summed E-state index contributed by atoms with van der Waals surface area (Å²) in [7, 11) is 3.58. The van der Waals surface area contributed by atoms with Gasteiger partial charge < -0.3 is 14.8 Å². The molecule has 5 nitrogen and oxygen atoms in total. The monoisotopic (exact) mass is 299 g/mol. The molecular weight excluding hydrogens is 278 g/mol. The van der Waals surface area contributed by atoms with Gasteiger partial charge in [-0.3, -0.25) is 9.59 Å². The van der Waals surface area contributed by atoms with Crippen LogP contribution in [0.5, 0.6) is 0 Å². The van der Waals surface area contributed by atoms with Crippen molar-refractivity contribution in [1.29, 1.82) is 0 Å². The molecule has 1 atom stereocenters. The lowest BCUT2D eigenvalue weighted by Crippen LogP contribution is -2.43. The Morgan fingerprint density at radius 1 is 1.32 bits per heavy atom. The van der Waals surface area contributed by atoms with E-state index in [-0.39, 0.29) is 17.4 Å². The van der Waals surface area contributed by atoms with Crippen molar-refractivity contribution >= 4 is 22.5 Å². The molecule has 0 bridgehead atoms. The summed E-state index contributed by atoms with van der Waals surface area (Å²) in [5.41, 5.74) is -0.0749. The number of aromatic amines is 1. The fourth-order valence-electron chi connectivity index (χ4n) is 3.13. The third-order valence-corrected chi connectivity index (χ3v) is 4.29. The maximum Gasteiger partial charge on any atom is 0.257 e. The van der Waals surface area contributed by atoms with Crippen molar-refractivity contribution < 1.29 is 4.79 Å². The van der Waals surface area contributed by atoms with Crippen molar-refractivity contribution in [1.82, 2.24) is 9.88 Å². The minimum atomic E-state index is -0.0749. The van der Waals surface area contributed by atoms with Gasteiger partial charge in [0.05, 0.1) is 5.92 Å². The van der Waals surface area contributed by atoms with Crippen LogP contribution in [0.4, 0.5) is 5.82 Å². The first-order chi connectivity index (χ1) is 10.6. The summed E-state index contributed by atoms with van der Waals surface area (Å²) in [5.74, 6) is 0.964. The number of hydrogen-bond donors (Lipinski definition) is 1. The second-order valence-corrected chi connectivity index (χ2v) is 6.09. The van der Waals surface area contributed by atoms with Crippen LogP contribution < -0.4 is 10.5 Å². The van der Waals surface area contributed by atoms with Crippen molar-refractivity contribution in [2.24, 2.45) is 5.92 Å². The van der Waals surface area contributed by atoms with E-state index >= 15 is 0 Å². The number of carbonyl (C=O) groups excluding carboxylic acids is 1. The Balaban J connectivity index is 1.90. The number of nitrogens with zero attached hydrogens (tertiary/aromatic N) is 2. The second kappa shape index (κ2) is 5.83. The Kier molecular flexibility index (Phi) is 3.88. The Morgan fingerprint density at radius 2 is 2.09 bits per heavy atom. The van der Waals surface area contributed by atoms with Gasteiger partial charge in [-0.2, -0.15) is 0 Å². The lowest BCUT2D eigenvalue weighted by molar-refractivity contribution is -0.133. The van der Waals surface area contributed by atoms with Gasteiger partial charge in [0.1, 0.15) is 5.82 Å². The van der Waals surface area contributed by atoms with Crippen LogP contribution in [0.1, 0.15) is 12.8 Å². The second-order valence-electron chi connectivity index (χ2n) is 6.09. The summed E-state index contributed by atoms with van der Waals surface area (Å²) in [5, 5.41) is 1.63. The SMILES string of the molecule is CN(C)C(=O)C1CCCN(c2cc3ccccc3c(=O)[nH]2)C1. The number of benzene rings is 1. The first kappa shape index (κ1) is 14.6. The third-order valence-electron chi connectivity index (χ3n) is 4.29. The number of fused-ring (bicyclic) bond motifs is 1. The number of anilines is 1. The number of pyridine rings is 1. The average molecular weight is 299 g/mol. The Labute approximate surface area is 129 Å². The highest BCUT2D eigenvalue weighted by molar-refractivity contribution is 5.84. The van der Waals surface area contributed by atoms with Crippen LogP contribution in [0, 0.1) is 5.92 Å². The quantitative estimate of drug-likeness (QED) is 0.920. The molecule has 1 unspecified atom stereocenters. The maximum absolute atomic E-state index is 12.2. The maximum atomic E-state index is 12.2. The summed E-state index contributed by atoms with van der Waals surface area (Å²) in [6.07, 6.45) is 1.87. The third kappa shape index (κ3) is 2.71. The van der Waals surface area contributed by atoms with Crippen molar-refractivity contribution in [3.8, 4) is 0 Å². The molecule has 1 aliphatic rings. The minimum Gasteiger partial charge on any atom is -0.357 e. The van der Waals surface area contributed by atoms with E-state index in [0.29, 0.717) is 11.9 Å². The number of nitrogens with one attached hydrogen (secondary N) is 1. The summed E-state index contributed by atoms with van der Waals surface area (Å²) in [6.45, 7) is 1.52. The summed E-state index contributed by atoms with van der Waals surface area (Å²) < 4.78 is 0. The molecule has 116 valence electrons. The van der Waals surface area contributed by atoms with Crippen LogP contribution >= 0.6 is 0 Å². The van der Waals surface area contributed by atoms with E-state index in [9.17, 15) is 9.59 Å². The van der Waals surface area contributed by atoms with Crippen LogP contribution in [-0.4, -0.2) is 43.0 Å². The van der Waals surface area contributed by atoms with E-state index in [1.54, 1.807) is 19.0 Å². The van der Waals surface area contributed by atoms with Gasteiger partial charge >= 0.3 is 0 Å². The predicted molar refractivity (Wildman–Crippen MR) is 88.2 cm³/mol. The van der Waals surface area contributed by atoms with Crippen molar-refractivity contribution in [2.45, 2.75) is 12.8 Å². The van der Waals surface area contributed by atoms with Gasteiger partial charge in [0.25, 0.3) is 5.56 Å². The molecule has 5 heteroatoms. The number of piperidine rings is 1. The van der Waals surface area contributed by atoms with Gasteiger partial charge in [0.2, 0.25) is 5.91 Å². The lowest BCUT2D eigenvalue weighted by Gasteiger charge is -2.34. The molecule has 2 aromatic rings. The number of H-pyrrole nitrogens is 1. The van der Waals surface area contributed by atoms with E-state index in [1.807, 2.05) is 30.3 Å². The molecule has 1 aromatic carbocycles. The average Bonchev–Trinajstić information content (AvgIpc) is 2.54. The van der Waals surface area contributed by atoms with Crippen LogP contribution in [0.15, 0.2) is 35.1 Å². The standard InChI is InChI=1S/C17H21N3O2/c1-19(2)17(22)13-7-5-9-20(11-13)15-10-12-6-3-4-8-14(12)16(21)18-15/h3-4,6,8,10,13H,5,7,9,11H2,1-2H3,(H,18,21). The summed E-state index contributed by atoms with van der Waals surface area (Å²) >= 11 is 0. The number of aromatic nitrogens is 1. The molecule has 1 amide bonds. The molecule has 22 heavy (non-hydrogen) atoms. The highest BCUT2D eigenvalue weighted by Gasteiger charge is 2.27. The van der Waals surface area contributed by atoms with E-state index in [0.717, 1.165) is 30.6 Å². The van der Waals surface area contributed by atoms with Gasteiger partial charge in [-0.15, -0.1) is 0 Å². The fourth-order valence-corrected chi connectivity index (χ4v) is 3.13. The topological polar surface area (TPSA) is 56.4 Å². The minimum absolute atomic E-state index is 0.00118. The first-order valence-corrected chi connectivity index (χ1v) is 7.64. The van der Waals surface area contributed by atoms with Gasteiger partial charge in [-0.05, 0) is 30.4 Å². The Bertz CT molecular complexity index is 751.